The van der Waals surface area contributed by atoms with Gasteiger partial charge in [0.05, 0.1) is 17.6 Å². The highest BCUT2D eigenvalue weighted by atomic mass is 32.1. The van der Waals surface area contributed by atoms with Gasteiger partial charge in [-0.25, -0.2) is 9.97 Å². The van der Waals surface area contributed by atoms with Gasteiger partial charge in [-0.1, -0.05) is 12.1 Å². The summed E-state index contributed by atoms with van der Waals surface area (Å²) in [6.07, 6.45) is 1.21. The average molecular weight is 259 g/mol. The number of hydrogen-bond acceptors (Lipinski definition) is 4. The number of imidazole rings is 1. The molecule has 4 nitrogen and oxygen atoms in total. The molecule has 1 N–H and O–H groups in total. The molecule has 1 aromatic carbocycles. The lowest BCUT2D eigenvalue weighted by molar-refractivity contribution is 0.185. The molecule has 2 aromatic heterocycles. The molecular formula is C13H13N3OS. The maximum Gasteiger partial charge on any atom is 0.138 e. The second-order valence-electron chi connectivity index (χ2n) is 4.15. The third-order valence-corrected chi connectivity index (χ3v) is 3.60. The highest BCUT2D eigenvalue weighted by Gasteiger charge is 2.15. The number of nitrogens with zero attached hydrogens (tertiary/aromatic N) is 3. The summed E-state index contributed by atoms with van der Waals surface area (Å²) in [7, 11) is 0. The zero-order valence-electron chi connectivity index (χ0n) is 9.95. The van der Waals surface area contributed by atoms with Crippen LogP contribution < -0.4 is 0 Å². The van der Waals surface area contributed by atoms with Gasteiger partial charge in [-0.2, -0.15) is 0 Å². The second-order valence-corrected chi connectivity index (χ2v) is 5.13. The van der Waals surface area contributed by atoms with Gasteiger partial charge >= 0.3 is 0 Å². The van der Waals surface area contributed by atoms with E-state index in [1.54, 1.807) is 24.5 Å². The maximum absolute atomic E-state index is 9.83. The van der Waals surface area contributed by atoms with Gasteiger partial charge in [0.2, 0.25) is 0 Å². The molecule has 18 heavy (non-hydrogen) atoms. The van der Waals surface area contributed by atoms with Crippen LogP contribution in [-0.2, 0) is 6.54 Å². The number of hydrogen-bond donors (Lipinski definition) is 1. The van der Waals surface area contributed by atoms with Gasteiger partial charge < -0.3 is 9.67 Å². The number of fused-ring (bicyclic) bond motifs is 1. The summed E-state index contributed by atoms with van der Waals surface area (Å²) in [6, 6.07) is 7.91. The lowest BCUT2D eigenvalue weighted by Gasteiger charge is -2.09. The minimum absolute atomic E-state index is 0.586. The Labute approximate surface area is 109 Å². The first-order chi connectivity index (χ1) is 8.75. The van der Waals surface area contributed by atoms with Crippen molar-refractivity contribution in [2.75, 3.05) is 0 Å². The predicted octanol–water partition coefficient (Wildman–Crippen LogP) is 2.59. The fraction of sp³-hybridized carbons (Fsp3) is 0.231. The quantitative estimate of drug-likeness (QED) is 0.786. The van der Waals surface area contributed by atoms with Gasteiger partial charge in [0.25, 0.3) is 0 Å². The van der Waals surface area contributed by atoms with E-state index < -0.39 is 6.10 Å². The van der Waals surface area contributed by atoms with Crippen LogP contribution in [-0.4, -0.2) is 19.6 Å². The molecule has 3 aromatic rings. The Morgan fingerprint density at radius 3 is 2.94 bits per heavy atom. The summed E-state index contributed by atoms with van der Waals surface area (Å²) in [5, 5.41) is 12.8. The lowest BCUT2D eigenvalue weighted by Crippen LogP contribution is -2.07. The number of aliphatic hydroxyl groups is 1. The molecule has 92 valence electrons. The summed E-state index contributed by atoms with van der Waals surface area (Å²) in [4.78, 5) is 8.77. The first kappa shape index (κ1) is 11.4. The Kier molecular flexibility index (Phi) is 2.85. The third-order valence-electron chi connectivity index (χ3n) is 2.83. The van der Waals surface area contributed by atoms with E-state index in [9.17, 15) is 5.11 Å². The number of para-hydroxylation sites is 2. The number of thiazole rings is 1. The van der Waals surface area contributed by atoms with Crippen LogP contribution in [0, 0.1) is 0 Å². The van der Waals surface area contributed by atoms with Crippen LogP contribution in [0.25, 0.3) is 11.0 Å². The summed E-state index contributed by atoms with van der Waals surface area (Å²) in [6.45, 7) is 2.39. The van der Waals surface area contributed by atoms with Crippen molar-refractivity contribution in [1.82, 2.24) is 14.5 Å². The van der Waals surface area contributed by atoms with E-state index in [4.69, 9.17) is 0 Å². The zero-order chi connectivity index (χ0) is 12.5. The van der Waals surface area contributed by atoms with Crippen LogP contribution in [0.1, 0.15) is 23.9 Å². The zero-order valence-corrected chi connectivity index (χ0v) is 10.8. The fourth-order valence-corrected chi connectivity index (χ4v) is 2.65. The van der Waals surface area contributed by atoms with Crippen molar-refractivity contribution >= 4 is 22.4 Å². The molecular weight excluding hydrogens is 246 g/mol. The van der Waals surface area contributed by atoms with E-state index >= 15 is 0 Å². The van der Waals surface area contributed by atoms with Crippen molar-refractivity contribution in [3.05, 3.63) is 46.7 Å². The molecule has 0 bridgehead atoms. The van der Waals surface area contributed by atoms with Gasteiger partial charge in [0, 0.05) is 11.6 Å². The topological polar surface area (TPSA) is 50.9 Å². The second kappa shape index (κ2) is 4.51. The summed E-state index contributed by atoms with van der Waals surface area (Å²) in [5.74, 6) is 0.686. The summed E-state index contributed by atoms with van der Waals surface area (Å²) in [5.41, 5.74) is 1.94. The van der Waals surface area contributed by atoms with E-state index in [1.807, 2.05) is 34.2 Å². The molecule has 0 amide bonds. The Hall–Kier alpha value is -1.72. The van der Waals surface area contributed by atoms with Crippen LogP contribution in [0.4, 0.5) is 0 Å². The molecule has 1 atom stereocenters. The largest absolute Gasteiger partial charge is 0.385 e. The maximum atomic E-state index is 9.83. The highest BCUT2D eigenvalue weighted by Crippen LogP contribution is 2.22. The van der Waals surface area contributed by atoms with E-state index in [0.29, 0.717) is 12.4 Å². The van der Waals surface area contributed by atoms with Gasteiger partial charge in [-0.05, 0) is 19.1 Å². The minimum atomic E-state index is -0.586. The lowest BCUT2D eigenvalue weighted by atomic mass is 10.3. The SMILES string of the molecule is CC(O)c1nc2ccccc2n1Cc1nccs1. The molecule has 1 unspecified atom stereocenters. The van der Waals surface area contributed by atoms with Crippen molar-refractivity contribution in [2.45, 2.75) is 19.6 Å². The molecule has 2 heterocycles. The Balaban J connectivity index is 2.15. The number of benzene rings is 1. The summed E-state index contributed by atoms with van der Waals surface area (Å²) >= 11 is 1.61. The molecule has 0 aliphatic rings. The monoisotopic (exact) mass is 259 g/mol. The number of aliphatic hydroxyl groups excluding tert-OH is 1. The van der Waals surface area contributed by atoms with Crippen molar-refractivity contribution in [3.63, 3.8) is 0 Å². The Bertz CT molecular complexity index is 658. The van der Waals surface area contributed by atoms with Crippen LogP contribution in [0.2, 0.25) is 0 Å². The van der Waals surface area contributed by atoms with Crippen LogP contribution in [0.3, 0.4) is 0 Å². The highest BCUT2D eigenvalue weighted by molar-refractivity contribution is 7.09. The van der Waals surface area contributed by atoms with Crippen molar-refractivity contribution < 1.29 is 5.11 Å². The van der Waals surface area contributed by atoms with Gasteiger partial charge in [0.15, 0.2) is 0 Å². The smallest absolute Gasteiger partial charge is 0.138 e. The molecule has 0 radical (unpaired) electrons. The third kappa shape index (κ3) is 1.91. The normalized spacial score (nSPS) is 13.0. The first-order valence-electron chi connectivity index (χ1n) is 5.77. The average Bonchev–Trinajstić information content (AvgIpc) is 2.98. The van der Waals surface area contributed by atoms with Crippen LogP contribution >= 0.6 is 11.3 Å². The van der Waals surface area contributed by atoms with E-state index in [-0.39, 0.29) is 0 Å². The van der Waals surface area contributed by atoms with Crippen LogP contribution in [0.5, 0.6) is 0 Å². The van der Waals surface area contributed by atoms with Gasteiger partial charge in [-0.15, -0.1) is 11.3 Å². The molecule has 5 heteroatoms. The van der Waals surface area contributed by atoms with E-state index in [2.05, 4.69) is 9.97 Å². The van der Waals surface area contributed by atoms with E-state index in [0.717, 1.165) is 16.0 Å². The van der Waals surface area contributed by atoms with Crippen molar-refractivity contribution in [2.24, 2.45) is 0 Å². The van der Waals surface area contributed by atoms with Crippen molar-refractivity contribution in [1.29, 1.82) is 0 Å². The van der Waals surface area contributed by atoms with E-state index in [1.165, 1.54) is 0 Å². The molecule has 0 saturated heterocycles. The van der Waals surface area contributed by atoms with Gasteiger partial charge in [0.1, 0.15) is 16.9 Å². The molecule has 0 saturated carbocycles. The molecule has 0 fully saturated rings. The van der Waals surface area contributed by atoms with Crippen LogP contribution in [0.15, 0.2) is 35.8 Å². The molecule has 0 aliphatic carbocycles. The molecule has 0 spiro atoms. The first-order valence-corrected chi connectivity index (χ1v) is 6.65. The molecule has 0 aliphatic heterocycles. The molecule has 3 rings (SSSR count). The van der Waals surface area contributed by atoms with Crippen molar-refractivity contribution in [3.8, 4) is 0 Å². The predicted molar refractivity (Wildman–Crippen MR) is 71.6 cm³/mol. The standard InChI is InChI=1S/C13H13N3OS/c1-9(17)13-15-10-4-2-3-5-11(10)16(13)8-12-14-6-7-18-12/h2-7,9,17H,8H2,1H3. The number of aromatic nitrogens is 3. The fourth-order valence-electron chi connectivity index (χ4n) is 2.05. The minimum Gasteiger partial charge on any atom is -0.385 e. The van der Waals surface area contributed by atoms with Gasteiger partial charge in [-0.3, -0.25) is 0 Å². The summed E-state index contributed by atoms with van der Waals surface area (Å²) < 4.78 is 2.03. The Morgan fingerprint density at radius 2 is 2.22 bits per heavy atom. The Morgan fingerprint density at radius 1 is 1.39 bits per heavy atom. The number of rotatable bonds is 3.